The molecule has 0 aliphatic rings. The number of halogens is 1. The molecule has 0 atom stereocenters. The van der Waals surface area contributed by atoms with Crippen molar-refractivity contribution < 1.29 is 9.21 Å². The summed E-state index contributed by atoms with van der Waals surface area (Å²) in [6.45, 7) is 3.58. The fourth-order valence-corrected chi connectivity index (χ4v) is 3.12. The number of benzene rings is 2. The number of nitrogens with one attached hydrogen (secondary N) is 2. The van der Waals surface area contributed by atoms with Gasteiger partial charge in [0, 0.05) is 10.6 Å². The fraction of sp³-hybridized carbons (Fsp3) is 0.100. The lowest BCUT2D eigenvalue weighted by molar-refractivity contribution is 0.102. The molecule has 2 aromatic heterocycles. The summed E-state index contributed by atoms with van der Waals surface area (Å²) in [6.07, 6.45) is 0. The highest BCUT2D eigenvalue weighted by Gasteiger charge is 2.17. The molecule has 0 aliphatic carbocycles. The molecule has 0 saturated heterocycles. The van der Waals surface area contributed by atoms with Gasteiger partial charge in [-0.1, -0.05) is 23.7 Å². The van der Waals surface area contributed by atoms with Crippen LogP contribution in [0.2, 0.25) is 5.02 Å². The van der Waals surface area contributed by atoms with E-state index in [4.69, 9.17) is 16.0 Å². The van der Waals surface area contributed by atoms with Crippen LogP contribution < -0.4 is 5.32 Å². The number of anilines is 1. The minimum absolute atomic E-state index is 0.237. The second-order valence-electron chi connectivity index (χ2n) is 6.07. The lowest BCUT2D eigenvalue weighted by Gasteiger charge is -2.10. The third-order valence-corrected chi connectivity index (χ3v) is 4.40. The normalized spacial score (nSPS) is 11.0. The van der Waals surface area contributed by atoms with Gasteiger partial charge in [0.05, 0.1) is 22.3 Å². The van der Waals surface area contributed by atoms with Crippen molar-refractivity contribution >= 4 is 34.2 Å². The van der Waals surface area contributed by atoms with E-state index < -0.39 is 0 Å². The van der Waals surface area contributed by atoms with Crippen molar-refractivity contribution in [1.82, 2.24) is 9.97 Å². The van der Waals surface area contributed by atoms with Crippen LogP contribution in [-0.4, -0.2) is 15.9 Å². The number of aromatic amines is 1. The van der Waals surface area contributed by atoms with Crippen molar-refractivity contribution in [2.75, 3.05) is 5.32 Å². The maximum atomic E-state index is 12.7. The molecule has 2 N–H and O–H groups in total. The zero-order valence-electron chi connectivity index (χ0n) is 14.3. The van der Waals surface area contributed by atoms with Gasteiger partial charge in [-0.15, -0.1) is 0 Å². The lowest BCUT2D eigenvalue weighted by atomic mass is 10.1. The van der Waals surface area contributed by atoms with Crippen molar-refractivity contribution in [3.05, 3.63) is 70.6 Å². The molecular weight excluding hydrogens is 350 g/mol. The topological polar surface area (TPSA) is 70.9 Å². The third-order valence-electron chi connectivity index (χ3n) is 4.16. The number of nitrogens with zero attached hydrogens (tertiary/aromatic N) is 1. The first kappa shape index (κ1) is 16.4. The molecule has 26 heavy (non-hydrogen) atoms. The Kier molecular flexibility index (Phi) is 4.01. The quantitative estimate of drug-likeness (QED) is 0.514. The summed E-state index contributed by atoms with van der Waals surface area (Å²) in [5, 5.41) is 3.50. The summed E-state index contributed by atoms with van der Waals surface area (Å²) in [6, 6.07) is 14.8. The second-order valence-corrected chi connectivity index (χ2v) is 6.51. The predicted octanol–water partition coefficient (Wildman–Crippen LogP) is 5.35. The van der Waals surface area contributed by atoms with Gasteiger partial charge >= 0.3 is 0 Å². The maximum absolute atomic E-state index is 12.7. The van der Waals surface area contributed by atoms with Gasteiger partial charge in [0.2, 0.25) is 0 Å². The lowest BCUT2D eigenvalue weighted by Crippen LogP contribution is -2.13. The van der Waals surface area contributed by atoms with E-state index in [9.17, 15) is 4.79 Å². The van der Waals surface area contributed by atoms with Crippen molar-refractivity contribution in [3.63, 3.8) is 0 Å². The Morgan fingerprint density at radius 2 is 1.96 bits per heavy atom. The molecule has 0 bridgehead atoms. The van der Waals surface area contributed by atoms with Crippen molar-refractivity contribution in [3.8, 4) is 11.4 Å². The van der Waals surface area contributed by atoms with Gasteiger partial charge in [0.15, 0.2) is 0 Å². The first-order chi connectivity index (χ1) is 12.5. The largest absolute Gasteiger partial charge is 0.466 e. The van der Waals surface area contributed by atoms with E-state index in [-0.39, 0.29) is 5.91 Å². The van der Waals surface area contributed by atoms with Crippen LogP contribution >= 0.6 is 11.6 Å². The Hall–Kier alpha value is -3.05. The number of imidazole rings is 1. The molecule has 6 heteroatoms. The van der Waals surface area contributed by atoms with E-state index in [1.165, 1.54) is 0 Å². The Morgan fingerprint density at radius 1 is 1.15 bits per heavy atom. The molecule has 4 aromatic rings. The van der Waals surface area contributed by atoms with E-state index in [2.05, 4.69) is 15.3 Å². The SMILES string of the molecule is Cc1cc(C(=O)Nc2ccc(Cl)cc2-c2nc3ccccc3[nH]2)c(C)o1. The number of hydrogen-bond acceptors (Lipinski definition) is 3. The summed E-state index contributed by atoms with van der Waals surface area (Å²) in [4.78, 5) is 20.5. The molecule has 2 heterocycles. The van der Waals surface area contributed by atoms with Crippen LogP contribution in [0, 0.1) is 13.8 Å². The minimum atomic E-state index is -0.237. The number of carbonyl (C=O) groups excluding carboxylic acids is 1. The Morgan fingerprint density at radius 3 is 2.69 bits per heavy atom. The maximum Gasteiger partial charge on any atom is 0.259 e. The highest BCUT2D eigenvalue weighted by molar-refractivity contribution is 6.31. The number of aromatic nitrogens is 2. The molecule has 0 unspecified atom stereocenters. The van der Waals surface area contributed by atoms with Crippen LogP contribution in [0.15, 0.2) is 52.9 Å². The summed E-state index contributed by atoms with van der Waals surface area (Å²) < 4.78 is 5.45. The highest BCUT2D eigenvalue weighted by atomic mass is 35.5. The molecular formula is C20H16ClN3O2. The second kappa shape index (κ2) is 6.35. The number of furan rings is 1. The molecule has 5 nitrogen and oxygen atoms in total. The number of aryl methyl sites for hydroxylation is 2. The molecule has 0 saturated carbocycles. The number of H-pyrrole nitrogens is 1. The van der Waals surface area contributed by atoms with E-state index in [0.29, 0.717) is 33.6 Å². The predicted molar refractivity (Wildman–Crippen MR) is 103 cm³/mol. The molecule has 1 amide bonds. The zero-order valence-corrected chi connectivity index (χ0v) is 15.0. The highest BCUT2D eigenvalue weighted by Crippen LogP contribution is 2.31. The van der Waals surface area contributed by atoms with Crippen LogP contribution in [0.5, 0.6) is 0 Å². The average Bonchev–Trinajstić information content (AvgIpc) is 3.19. The Balaban J connectivity index is 1.75. The van der Waals surface area contributed by atoms with Gasteiger partial charge in [0.1, 0.15) is 17.3 Å². The summed E-state index contributed by atoms with van der Waals surface area (Å²) >= 11 is 6.18. The summed E-state index contributed by atoms with van der Waals surface area (Å²) in [7, 11) is 0. The van der Waals surface area contributed by atoms with Crippen LogP contribution in [0.25, 0.3) is 22.4 Å². The standard InChI is InChI=1S/C20H16ClN3O2/c1-11-9-14(12(2)26-11)20(25)24-16-8-7-13(21)10-15(16)19-22-17-5-3-4-6-18(17)23-19/h3-10H,1-2H3,(H,22,23)(H,24,25). The van der Waals surface area contributed by atoms with Crippen LogP contribution in [-0.2, 0) is 0 Å². The van der Waals surface area contributed by atoms with Crippen LogP contribution in [0.4, 0.5) is 5.69 Å². The number of hydrogen-bond donors (Lipinski definition) is 2. The first-order valence-corrected chi connectivity index (χ1v) is 8.52. The van der Waals surface area contributed by atoms with E-state index in [0.717, 1.165) is 16.6 Å². The van der Waals surface area contributed by atoms with Gasteiger partial charge in [-0.3, -0.25) is 4.79 Å². The number of fused-ring (bicyclic) bond motifs is 1. The first-order valence-electron chi connectivity index (χ1n) is 8.14. The van der Waals surface area contributed by atoms with Gasteiger partial charge in [-0.25, -0.2) is 4.98 Å². The third kappa shape index (κ3) is 2.97. The van der Waals surface area contributed by atoms with Crippen molar-refractivity contribution in [2.24, 2.45) is 0 Å². The molecule has 0 radical (unpaired) electrons. The minimum Gasteiger partial charge on any atom is -0.466 e. The molecule has 0 aliphatic heterocycles. The van der Waals surface area contributed by atoms with Crippen molar-refractivity contribution in [1.29, 1.82) is 0 Å². The number of carbonyl (C=O) groups is 1. The molecule has 130 valence electrons. The number of para-hydroxylation sites is 2. The summed E-state index contributed by atoms with van der Waals surface area (Å²) in [5.41, 5.74) is 3.62. The number of amides is 1. The molecule has 0 fully saturated rings. The van der Waals surface area contributed by atoms with Gasteiger partial charge in [-0.2, -0.15) is 0 Å². The van der Waals surface area contributed by atoms with Gasteiger partial charge in [-0.05, 0) is 50.2 Å². The Labute approximate surface area is 155 Å². The van der Waals surface area contributed by atoms with Gasteiger partial charge < -0.3 is 14.7 Å². The van der Waals surface area contributed by atoms with Crippen LogP contribution in [0.1, 0.15) is 21.9 Å². The van der Waals surface area contributed by atoms with Crippen molar-refractivity contribution in [2.45, 2.75) is 13.8 Å². The average molecular weight is 366 g/mol. The monoisotopic (exact) mass is 365 g/mol. The Bertz CT molecular complexity index is 1090. The molecule has 2 aromatic carbocycles. The fourth-order valence-electron chi connectivity index (χ4n) is 2.95. The molecule has 0 spiro atoms. The van der Waals surface area contributed by atoms with Crippen LogP contribution in [0.3, 0.4) is 0 Å². The van der Waals surface area contributed by atoms with E-state index in [1.54, 1.807) is 31.2 Å². The van der Waals surface area contributed by atoms with E-state index >= 15 is 0 Å². The van der Waals surface area contributed by atoms with E-state index in [1.807, 2.05) is 31.2 Å². The van der Waals surface area contributed by atoms with Gasteiger partial charge in [0.25, 0.3) is 5.91 Å². The molecule has 4 rings (SSSR count). The number of rotatable bonds is 3. The zero-order chi connectivity index (χ0) is 18.3. The summed E-state index contributed by atoms with van der Waals surface area (Å²) in [5.74, 6) is 1.68. The smallest absolute Gasteiger partial charge is 0.259 e.